The maximum Gasteiger partial charge on any atom is 0.298 e. The van der Waals surface area contributed by atoms with Crippen LogP contribution in [0.15, 0.2) is 28.7 Å². The monoisotopic (exact) mass is 235 g/mol. The number of rotatable bonds is 6. The summed E-state index contributed by atoms with van der Waals surface area (Å²) >= 11 is 0. The molecule has 1 aromatic carbocycles. The number of methoxy groups -OCH3 is 1. The number of fused-ring (bicyclic) bond motifs is 1. The lowest BCUT2D eigenvalue weighted by Crippen LogP contribution is -2.32. The predicted octanol–water partition coefficient (Wildman–Crippen LogP) is 1.24. The average Bonchev–Trinajstić information content (AvgIpc) is 2.78. The molecule has 0 saturated heterocycles. The van der Waals surface area contributed by atoms with Crippen LogP contribution in [0.4, 0.5) is 6.01 Å². The Kier molecular flexibility index (Phi) is 3.95. The van der Waals surface area contributed by atoms with E-state index >= 15 is 0 Å². The molecule has 0 aliphatic heterocycles. The van der Waals surface area contributed by atoms with Gasteiger partial charge in [-0.25, -0.2) is 0 Å². The molecule has 0 aliphatic carbocycles. The lowest BCUT2D eigenvalue weighted by atomic mass is 10.3. The fraction of sp³-hybridized carbons (Fsp3) is 0.417. The molecule has 1 aromatic heterocycles. The average molecular weight is 235 g/mol. The Balaban J connectivity index is 2.21. The molecule has 2 rings (SSSR count). The number of oxazole rings is 1. The summed E-state index contributed by atoms with van der Waals surface area (Å²) in [7, 11) is 1.67. The van der Waals surface area contributed by atoms with E-state index in [1.807, 2.05) is 29.2 Å². The van der Waals surface area contributed by atoms with Crippen LogP contribution in [0.5, 0.6) is 0 Å². The van der Waals surface area contributed by atoms with E-state index in [4.69, 9.17) is 14.9 Å². The Morgan fingerprint density at radius 1 is 1.35 bits per heavy atom. The quantitative estimate of drug-likeness (QED) is 0.816. The molecule has 5 heteroatoms. The molecule has 0 unspecified atom stereocenters. The van der Waals surface area contributed by atoms with E-state index in [9.17, 15) is 0 Å². The summed E-state index contributed by atoms with van der Waals surface area (Å²) in [6.45, 7) is 2.61. The van der Waals surface area contributed by atoms with Crippen LogP contribution >= 0.6 is 0 Å². The number of hydrogen-bond acceptors (Lipinski definition) is 5. The standard InChI is InChI=1S/C12H17N3O2/c1-16-9-8-15(7-6-13)12-14-10-4-2-3-5-11(10)17-12/h2-5H,6-9,13H2,1H3. The molecule has 0 bridgehead atoms. The first kappa shape index (κ1) is 11.9. The summed E-state index contributed by atoms with van der Waals surface area (Å²) in [4.78, 5) is 6.42. The zero-order chi connectivity index (χ0) is 12.1. The van der Waals surface area contributed by atoms with E-state index in [1.165, 1.54) is 0 Å². The number of para-hydroxylation sites is 2. The van der Waals surface area contributed by atoms with Crippen LogP contribution in [0, 0.1) is 0 Å². The number of nitrogens with zero attached hydrogens (tertiary/aromatic N) is 2. The molecule has 1 heterocycles. The lowest BCUT2D eigenvalue weighted by molar-refractivity contribution is 0.204. The van der Waals surface area contributed by atoms with Crippen molar-refractivity contribution in [1.82, 2.24) is 4.98 Å². The number of benzene rings is 1. The highest BCUT2D eigenvalue weighted by Crippen LogP contribution is 2.21. The van der Waals surface area contributed by atoms with E-state index in [1.54, 1.807) is 7.11 Å². The van der Waals surface area contributed by atoms with Crippen LogP contribution in [0.2, 0.25) is 0 Å². The highest BCUT2D eigenvalue weighted by Gasteiger charge is 2.12. The van der Waals surface area contributed by atoms with Crippen molar-refractivity contribution in [2.75, 3.05) is 38.3 Å². The Bertz CT molecular complexity index is 436. The predicted molar refractivity (Wildman–Crippen MR) is 67.2 cm³/mol. The summed E-state index contributed by atoms with van der Waals surface area (Å²) in [5.74, 6) is 0. The fourth-order valence-corrected chi connectivity index (χ4v) is 1.66. The molecule has 0 fully saturated rings. The van der Waals surface area contributed by atoms with Gasteiger partial charge in [0.1, 0.15) is 5.52 Å². The molecule has 0 spiro atoms. The van der Waals surface area contributed by atoms with E-state index in [0.717, 1.165) is 17.6 Å². The van der Waals surface area contributed by atoms with Crippen molar-refractivity contribution < 1.29 is 9.15 Å². The molecular formula is C12H17N3O2. The first-order valence-corrected chi connectivity index (χ1v) is 5.64. The Hall–Kier alpha value is -1.59. The lowest BCUT2D eigenvalue weighted by Gasteiger charge is -2.18. The third-order valence-corrected chi connectivity index (χ3v) is 2.52. The molecule has 2 N–H and O–H groups in total. The SMILES string of the molecule is COCCN(CCN)c1nc2ccccc2o1. The van der Waals surface area contributed by atoms with E-state index < -0.39 is 0 Å². The van der Waals surface area contributed by atoms with Crippen molar-refractivity contribution in [3.63, 3.8) is 0 Å². The second-order valence-corrected chi connectivity index (χ2v) is 3.73. The maximum atomic E-state index is 5.68. The summed E-state index contributed by atoms with van der Waals surface area (Å²) in [5.41, 5.74) is 7.24. The highest BCUT2D eigenvalue weighted by molar-refractivity contribution is 5.74. The van der Waals surface area contributed by atoms with Crippen LogP contribution in [-0.2, 0) is 4.74 Å². The molecule has 17 heavy (non-hydrogen) atoms. The fourth-order valence-electron chi connectivity index (χ4n) is 1.66. The zero-order valence-corrected chi connectivity index (χ0v) is 9.93. The van der Waals surface area contributed by atoms with Crippen molar-refractivity contribution in [3.8, 4) is 0 Å². The summed E-state index contributed by atoms with van der Waals surface area (Å²) in [6, 6.07) is 8.31. The van der Waals surface area contributed by atoms with Crippen LogP contribution in [0.1, 0.15) is 0 Å². The summed E-state index contributed by atoms with van der Waals surface area (Å²) in [5, 5.41) is 0. The molecule has 92 valence electrons. The first-order valence-electron chi connectivity index (χ1n) is 5.64. The number of anilines is 1. The van der Waals surface area contributed by atoms with Crippen LogP contribution < -0.4 is 10.6 Å². The second kappa shape index (κ2) is 5.65. The number of aromatic nitrogens is 1. The summed E-state index contributed by atoms with van der Waals surface area (Å²) < 4.78 is 10.7. The highest BCUT2D eigenvalue weighted by atomic mass is 16.5. The van der Waals surface area contributed by atoms with Gasteiger partial charge in [-0.05, 0) is 12.1 Å². The number of hydrogen-bond donors (Lipinski definition) is 1. The van der Waals surface area contributed by atoms with E-state index in [0.29, 0.717) is 25.7 Å². The van der Waals surface area contributed by atoms with Gasteiger partial charge in [0.15, 0.2) is 5.58 Å². The van der Waals surface area contributed by atoms with Gasteiger partial charge >= 0.3 is 0 Å². The molecule has 0 amide bonds. The van der Waals surface area contributed by atoms with Crippen molar-refractivity contribution in [3.05, 3.63) is 24.3 Å². The Morgan fingerprint density at radius 2 is 2.18 bits per heavy atom. The molecule has 2 aromatic rings. The maximum absolute atomic E-state index is 5.68. The van der Waals surface area contributed by atoms with E-state index in [2.05, 4.69) is 4.98 Å². The molecule has 5 nitrogen and oxygen atoms in total. The summed E-state index contributed by atoms with van der Waals surface area (Å²) in [6.07, 6.45) is 0. The normalized spacial score (nSPS) is 10.9. The van der Waals surface area contributed by atoms with Gasteiger partial charge in [0.25, 0.3) is 6.01 Å². The number of ether oxygens (including phenoxy) is 1. The minimum atomic E-state index is 0.558. The smallest absolute Gasteiger partial charge is 0.298 e. The van der Waals surface area contributed by atoms with Crippen molar-refractivity contribution >= 4 is 17.1 Å². The Labute approximate surface area is 100 Å². The zero-order valence-electron chi connectivity index (χ0n) is 9.93. The first-order chi connectivity index (χ1) is 8.35. The van der Waals surface area contributed by atoms with Gasteiger partial charge in [-0.1, -0.05) is 12.1 Å². The minimum absolute atomic E-state index is 0.558. The Morgan fingerprint density at radius 3 is 2.88 bits per heavy atom. The molecule has 0 radical (unpaired) electrons. The van der Waals surface area contributed by atoms with Crippen LogP contribution in [-0.4, -0.2) is 38.3 Å². The van der Waals surface area contributed by atoms with E-state index in [-0.39, 0.29) is 0 Å². The van der Waals surface area contributed by atoms with Gasteiger partial charge in [0.05, 0.1) is 6.61 Å². The topological polar surface area (TPSA) is 64.5 Å². The minimum Gasteiger partial charge on any atom is -0.423 e. The van der Waals surface area contributed by atoms with Crippen molar-refractivity contribution in [2.24, 2.45) is 5.73 Å². The largest absolute Gasteiger partial charge is 0.423 e. The van der Waals surface area contributed by atoms with Crippen molar-refractivity contribution in [2.45, 2.75) is 0 Å². The molecule has 0 aliphatic rings. The third kappa shape index (κ3) is 2.75. The van der Waals surface area contributed by atoms with Gasteiger partial charge in [-0.2, -0.15) is 4.98 Å². The van der Waals surface area contributed by atoms with Gasteiger partial charge in [-0.15, -0.1) is 0 Å². The van der Waals surface area contributed by atoms with Crippen molar-refractivity contribution in [1.29, 1.82) is 0 Å². The second-order valence-electron chi connectivity index (χ2n) is 3.73. The van der Waals surface area contributed by atoms with Gasteiger partial charge in [0, 0.05) is 26.7 Å². The molecule has 0 atom stereocenters. The molecular weight excluding hydrogens is 218 g/mol. The van der Waals surface area contributed by atoms with Gasteiger partial charge in [-0.3, -0.25) is 0 Å². The number of nitrogens with two attached hydrogens (primary N) is 1. The molecule has 0 saturated carbocycles. The van der Waals surface area contributed by atoms with Gasteiger partial charge < -0.3 is 19.8 Å². The van der Waals surface area contributed by atoms with Crippen LogP contribution in [0.3, 0.4) is 0 Å². The van der Waals surface area contributed by atoms with Crippen LogP contribution in [0.25, 0.3) is 11.1 Å². The van der Waals surface area contributed by atoms with Gasteiger partial charge in [0.2, 0.25) is 0 Å². The third-order valence-electron chi connectivity index (χ3n) is 2.52.